The summed E-state index contributed by atoms with van der Waals surface area (Å²) in [6.07, 6.45) is 0. The zero-order valence-electron chi connectivity index (χ0n) is 7.36. The molecule has 0 saturated carbocycles. The van der Waals surface area contributed by atoms with Crippen molar-refractivity contribution < 1.29 is 19.3 Å². The van der Waals surface area contributed by atoms with Crippen molar-refractivity contribution in [2.45, 2.75) is 12.1 Å². The van der Waals surface area contributed by atoms with Crippen molar-refractivity contribution in [1.29, 1.82) is 0 Å². The Morgan fingerprint density at radius 2 is 1.36 bits per heavy atom. The van der Waals surface area contributed by atoms with Gasteiger partial charge in [-0.3, -0.25) is 19.3 Å². The van der Waals surface area contributed by atoms with Gasteiger partial charge in [0.05, 0.1) is 13.2 Å². The number of hydrogen-bond donors (Lipinski definition) is 4. The highest BCUT2D eigenvalue weighted by Crippen LogP contribution is 1.87. The summed E-state index contributed by atoms with van der Waals surface area (Å²) < 4.78 is 0. The monoisotopic (exact) mass is 204 g/mol. The second-order valence-corrected chi connectivity index (χ2v) is 2.77. The van der Waals surface area contributed by atoms with E-state index in [1.54, 1.807) is 0 Å². The highest BCUT2D eigenvalue weighted by molar-refractivity contribution is 5.82. The van der Waals surface area contributed by atoms with Crippen molar-refractivity contribution in [3.05, 3.63) is 0 Å². The van der Waals surface area contributed by atoms with Gasteiger partial charge in [-0.1, -0.05) is 0 Å². The van der Waals surface area contributed by atoms with E-state index < -0.39 is 12.1 Å². The summed E-state index contributed by atoms with van der Waals surface area (Å²) in [7, 11) is 0. The molecule has 2 heterocycles. The van der Waals surface area contributed by atoms with E-state index in [0.29, 0.717) is 13.2 Å². The van der Waals surface area contributed by atoms with Crippen LogP contribution in [0, 0.1) is 0 Å². The second kappa shape index (κ2) is 4.86. The average Bonchev–Trinajstić information content (AvgIpc) is 2.67. The van der Waals surface area contributed by atoms with Gasteiger partial charge in [-0.25, -0.2) is 11.0 Å². The van der Waals surface area contributed by atoms with E-state index >= 15 is 0 Å². The van der Waals surface area contributed by atoms with Gasteiger partial charge < -0.3 is 11.5 Å². The van der Waals surface area contributed by atoms with Crippen LogP contribution in [-0.2, 0) is 19.3 Å². The van der Waals surface area contributed by atoms with Crippen LogP contribution < -0.4 is 22.4 Å². The molecule has 0 radical (unpaired) electrons. The lowest BCUT2D eigenvalue weighted by Crippen LogP contribution is -2.31. The van der Waals surface area contributed by atoms with E-state index in [4.69, 9.17) is 11.5 Å². The van der Waals surface area contributed by atoms with Crippen LogP contribution in [0.4, 0.5) is 0 Å². The molecule has 2 unspecified atom stereocenters. The summed E-state index contributed by atoms with van der Waals surface area (Å²) in [4.78, 5) is 29.3. The van der Waals surface area contributed by atoms with E-state index in [2.05, 4.69) is 20.6 Å². The summed E-state index contributed by atoms with van der Waals surface area (Å²) >= 11 is 0. The predicted molar refractivity (Wildman–Crippen MR) is 44.1 cm³/mol. The first kappa shape index (κ1) is 10.9. The maximum Gasteiger partial charge on any atom is 0.262 e. The first-order chi connectivity index (χ1) is 6.61. The largest absolute Gasteiger partial charge is 0.318 e. The molecular formula is C6H12N4O4. The quantitative estimate of drug-likeness (QED) is 0.328. The molecule has 8 nitrogen and oxygen atoms in total. The number of carbonyl (C=O) groups excluding carboxylic acids is 2. The van der Waals surface area contributed by atoms with E-state index in [1.807, 2.05) is 0 Å². The third-order valence-corrected chi connectivity index (χ3v) is 1.54. The first-order valence-corrected chi connectivity index (χ1v) is 3.95. The minimum absolute atomic E-state index is 0.236. The van der Waals surface area contributed by atoms with E-state index in [0.717, 1.165) is 0 Å². The maximum absolute atomic E-state index is 10.2. The highest BCUT2D eigenvalue weighted by Gasteiger charge is 2.20. The molecule has 0 aromatic rings. The summed E-state index contributed by atoms with van der Waals surface area (Å²) in [5.74, 6) is -0.472. The number of hydrogen-bond acceptors (Lipinski definition) is 6. The summed E-state index contributed by atoms with van der Waals surface area (Å²) in [6.45, 7) is 0.581. The zero-order chi connectivity index (χ0) is 10.6. The number of hydroxylamine groups is 2. The highest BCUT2D eigenvalue weighted by atomic mass is 16.7. The van der Waals surface area contributed by atoms with Crippen molar-refractivity contribution in [3.8, 4) is 0 Å². The van der Waals surface area contributed by atoms with Gasteiger partial charge in [0.15, 0.2) is 0 Å². The number of amides is 2. The van der Waals surface area contributed by atoms with Gasteiger partial charge >= 0.3 is 0 Å². The lowest BCUT2D eigenvalue weighted by Gasteiger charge is -1.87. The van der Waals surface area contributed by atoms with Gasteiger partial charge in [0.25, 0.3) is 11.8 Å². The van der Waals surface area contributed by atoms with Gasteiger partial charge in [-0.05, 0) is 0 Å². The lowest BCUT2D eigenvalue weighted by atomic mass is 10.3. The van der Waals surface area contributed by atoms with Gasteiger partial charge in [0, 0.05) is 0 Å². The normalized spacial score (nSPS) is 30.4. The van der Waals surface area contributed by atoms with Gasteiger partial charge in [0.1, 0.15) is 12.1 Å². The number of nitrogens with one attached hydrogen (secondary N) is 2. The predicted octanol–water partition coefficient (Wildman–Crippen LogP) is -3.25. The van der Waals surface area contributed by atoms with Crippen LogP contribution in [0.15, 0.2) is 0 Å². The fourth-order valence-electron chi connectivity index (χ4n) is 0.708. The number of carbonyl (C=O) groups is 2. The van der Waals surface area contributed by atoms with Crippen molar-refractivity contribution >= 4 is 11.8 Å². The molecule has 6 N–H and O–H groups in total. The Balaban J connectivity index is 0.000000140. The average molecular weight is 204 g/mol. The molecule has 14 heavy (non-hydrogen) atoms. The molecule has 2 atom stereocenters. The summed E-state index contributed by atoms with van der Waals surface area (Å²) in [5, 5.41) is 0. The van der Waals surface area contributed by atoms with Crippen LogP contribution in [-0.4, -0.2) is 37.1 Å². The van der Waals surface area contributed by atoms with Crippen LogP contribution in [0.3, 0.4) is 0 Å². The minimum atomic E-state index is -0.458. The van der Waals surface area contributed by atoms with E-state index in [1.165, 1.54) is 0 Å². The summed E-state index contributed by atoms with van der Waals surface area (Å²) in [5.41, 5.74) is 14.5. The fourth-order valence-corrected chi connectivity index (χ4v) is 0.708. The molecule has 2 fully saturated rings. The Bertz CT molecular complexity index is 210. The Labute approximate surface area is 79.8 Å². The van der Waals surface area contributed by atoms with Gasteiger partial charge in [-0.2, -0.15) is 0 Å². The van der Waals surface area contributed by atoms with Crippen molar-refractivity contribution in [2.24, 2.45) is 11.5 Å². The molecule has 2 saturated heterocycles. The molecule has 2 rings (SSSR count). The first-order valence-electron chi connectivity index (χ1n) is 3.95. The Morgan fingerprint density at radius 1 is 1.00 bits per heavy atom. The van der Waals surface area contributed by atoms with E-state index in [-0.39, 0.29) is 11.8 Å². The molecule has 0 spiro atoms. The van der Waals surface area contributed by atoms with Crippen molar-refractivity contribution in [3.63, 3.8) is 0 Å². The molecule has 2 amide bonds. The molecule has 0 aliphatic carbocycles. The molecule has 2 aliphatic rings. The minimum Gasteiger partial charge on any atom is -0.318 e. The standard InChI is InChI=1S/2C3H6N2O2/c2*4-2-1-7-5-3(2)6/h2*2H,1,4H2,(H,5,6). The topological polar surface area (TPSA) is 129 Å². The zero-order valence-corrected chi connectivity index (χ0v) is 7.36. The third-order valence-electron chi connectivity index (χ3n) is 1.54. The van der Waals surface area contributed by atoms with Gasteiger partial charge in [-0.15, -0.1) is 0 Å². The molecule has 0 aromatic heterocycles. The maximum atomic E-state index is 10.2. The molecule has 8 heteroatoms. The van der Waals surface area contributed by atoms with Crippen LogP contribution >= 0.6 is 0 Å². The Hall–Kier alpha value is -1.22. The molecule has 0 aromatic carbocycles. The van der Waals surface area contributed by atoms with Crippen LogP contribution in [0.2, 0.25) is 0 Å². The molecular weight excluding hydrogens is 192 g/mol. The van der Waals surface area contributed by atoms with Crippen LogP contribution in [0.25, 0.3) is 0 Å². The third kappa shape index (κ3) is 2.92. The van der Waals surface area contributed by atoms with Gasteiger partial charge in [0.2, 0.25) is 0 Å². The molecule has 0 bridgehead atoms. The Kier molecular flexibility index (Phi) is 3.77. The number of rotatable bonds is 0. The molecule has 80 valence electrons. The fraction of sp³-hybridized carbons (Fsp3) is 0.667. The second-order valence-electron chi connectivity index (χ2n) is 2.77. The molecule has 2 aliphatic heterocycles. The smallest absolute Gasteiger partial charge is 0.262 e. The van der Waals surface area contributed by atoms with Crippen LogP contribution in [0.5, 0.6) is 0 Å². The SMILES string of the molecule is NC1CONC1=O.NC1CONC1=O. The van der Waals surface area contributed by atoms with Crippen LogP contribution in [0.1, 0.15) is 0 Å². The van der Waals surface area contributed by atoms with E-state index in [9.17, 15) is 9.59 Å². The lowest BCUT2D eigenvalue weighted by molar-refractivity contribution is -0.125. The summed E-state index contributed by atoms with van der Waals surface area (Å²) in [6, 6.07) is -0.917. The van der Waals surface area contributed by atoms with Crippen molar-refractivity contribution in [2.75, 3.05) is 13.2 Å². The number of nitrogens with two attached hydrogens (primary N) is 2. The van der Waals surface area contributed by atoms with Crippen molar-refractivity contribution in [1.82, 2.24) is 11.0 Å². The Morgan fingerprint density at radius 3 is 1.43 bits per heavy atom.